The standard InChI is InChI=1S/C22H19FN2O4S/c1-13-5-8-17(12-18(13)23)25-20(26)14(2)29-22(28)15-6-9-16(10-7-15)24-21(27)19-4-3-11-30-19/h3-12,14H,1-2H3,(H,24,27)(H,25,26). The molecule has 1 atom stereocenters. The number of hydrogen-bond donors (Lipinski definition) is 2. The largest absolute Gasteiger partial charge is 0.449 e. The number of aryl methyl sites for hydroxylation is 1. The van der Waals surface area contributed by atoms with Crippen LogP contribution in [0.15, 0.2) is 60.0 Å². The summed E-state index contributed by atoms with van der Waals surface area (Å²) in [4.78, 5) is 37.1. The molecule has 0 radical (unpaired) electrons. The maximum Gasteiger partial charge on any atom is 0.338 e. The zero-order chi connectivity index (χ0) is 21.7. The lowest BCUT2D eigenvalue weighted by atomic mass is 10.2. The number of esters is 1. The van der Waals surface area contributed by atoms with Crippen molar-refractivity contribution in [3.63, 3.8) is 0 Å². The molecule has 1 unspecified atom stereocenters. The molecule has 0 fully saturated rings. The fourth-order valence-electron chi connectivity index (χ4n) is 2.49. The van der Waals surface area contributed by atoms with E-state index in [0.717, 1.165) is 0 Å². The Bertz CT molecular complexity index is 1070. The van der Waals surface area contributed by atoms with E-state index in [-0.39, 0.29) is 17.2 Å². The lowest BCUT2D eigenvalue weighted by molar-refractivity contribution is -0.123. The monoisotopic (exact) mass is 426 g/mol. The summed E-state index contributed by atoms with van der Waals surface area (Å²) in [5.74, 6) is -1.95. The first-order chi connectivity index (χ1) is 14.3. The van der Waals surface area contributed by atoms with E-state index in [9.17, 15) is 18.8 Å². The number of nitrogens with one attached hydrogen (secondary N) is 2. The van der Waals surface area contributed by atoms with Crippen LogP contribution in [0.5, 0.6) is 0 Å². The summed E-state index contributed by atoms with van der Waals surface area (Å²) in [6.07, 6.45) is -1.08. The SMILES string of the molecule is Cc1ccc(NC(=O)C(C)OC(=O)c2ccc(NC(=O)c3cccs3)cc2)cc1F. The summed E-state index contributed by atoms with van der Waals surface area (Å²) in [5.41, 5.74) is 1.49. The van der Waals surface area contributed by atoms with E-state index in [1.54, 1.807) is 48.7 Å². The van der Waals surface area contributed by atoms with Crippen molar-refractivity contribution >= 4 is 40.5 Å². The molecule has 0 bridgehead atoms. The van der Waals surface area contributed by atoms with Gasteiger partial charge in [-0.3, -0.25) is 9.59 Å². The zero-order valence-electron chi connectivity index (χ0n) is 16.3. The Kier molecular flexibility index (Phi) is 6.58. The normalized spacial score (nSPS) is 11.4. The Morgan fingerprint density at radius 2 is 1.70 bits per heavy atom. The van der Waals surface area contributed by atoms with Gasteiger partial charge in [-0.25, -0.2) is 9.18 Å². The number of ether oxygens (including phenoxy) is 1. The first-order valence-corrected chi connectivity index (χ1v) is 9.94. The summed E-state index contributed by atoms with van der Waals surface area (Å²) in [6, 6.07) is 13.9. The van der Waals surface area contributed by atoms with Gasteiger partial charge in [0.15, 0.2) is 6.10 Å². The highest BCUT2D eigenvalue weighted by Gasteiger charge is 2.19. The van der Waals surface area contributed by atoms with Crippen molar-refractivity contribution in [2.75, 3.05) is 10.6 Å². The van der Waals surface area contributed by atoms with Gasteiger partial charge in [-0.2, -0.15) is 0 Å². The number of carbonyl (C=O) groups excluding carboxylic acids is 3. The van der Waals surface area contributed by atoms with Crippen LogP contribution in [0.1, 0.15) is 32.5 Å². The van der Waals surface area contributed by atoms with Crippen LogP contribution in [-0.2, 0) is 9.53 Å². The number of hydrogen-bond acceptors (Lipinski definition) is 5. The third kappa shape index (κ3) is 5.30. The number of amides is 2. The van der Waals surface area contributed by atoms with Crippen molar-refractivity contribution in [1.82, 2.24) is 0 Å². The van der Waals surface area contributed by atoms with E-state index >= 15 is 0 Å². The Morgan fingerprint density at radius 1 is 1.00 bits per heavy atom. The quantitative estimate of drug-likeness (QED) is 0.563. The van der Waals surface area contributed by atoms with Crippen LogP contribution in [0.2, 0.25) is 0 Å². The molecule has 154 valence electrons. The molecule has 2 amide bonds. The first kappa shape index (κ1) is 21.2. The van der Waals surface area contributed by atoms with Gasteiger partial charge in [-0.05, 0) is 67.3 Å². The van der Waals surface area contributed by atoms with E-state index in [2.05, 4.69) is 10.6 Å². The van der Waals surface area contributed by atoms with Gasteiger partial charge in [0.1, 0.15) is 5.82 Å². The van der Waals surface area contributed by atoms with Gasteiger partial charge in [-0.1, -0.05) is 12.1 Å². The van der Waals surface area contributed by atoms with Gasteiger partial charge < -0.3 is 15.4 Å². The Labute approximate surface area is 176 Å². The smallest absolute Gasteiger partial charge is 0.338 e. The van der Waals surface area contributed by atoms with Crippen molar-refractivity contribution in [2.24, 2.45) is 0 Å². The molecule has 2 N–H and O–H groups in total. The third-order valence-electron chi connectivity index (χ3n) is 4.22. The molecular weight excluding hydrogens is 407 g/mol. The molecule has 30 heavy (non-hydrogen) atoms. The molecule has 1 aromatic heterocycles. The van der Waals surface area contributed by atoms with E-state index in [1.807, 2.05) is 0 Å². The molecular formula is C22H19FN2O4S. The van der Waals surface area contributed by atoms with Crippen LogP contribution in [0.4, 0.5) is 15.8 Å². The van der Waals surface area contributed by atoms with E-state index < -0.39 is 23.8 Å². The highest BCUT2D eigenvalue weighted by atomic mass is 32.1. The minimum atomic E-state index is -1.08. The molecule has 3 rings (SSSR count). The highest BCUT2D eigenvalue weighted by molar-refractivity contribution is 7.12. The highest BCUT2D eigenvalue weighted by Crippen LogP contribution is 2.16. The third-order valence-corrected chi connectivity index (χ3v) is 5.08. The Balaban J connectivity index is 1.56. The van der Waals surface area contributed by atoms with E-state index in [4.69, 9.17) is 4.74 Å². The second-order valence-electron chi connectivity index (χ2n) is 6.51. The Morgan fingerprint density at radius 3 is 2.33 bits per heavy atom. The number of rotatable bonds is 6. The second-order valence-corrected chi connectivity index (χ2v) is 7.46. The van der Waals surface area contributed by atoms with Crippen LogP contribution in [-0.4, -0.2) is 23.9 Å². The van der Waals surface area contributed by atoms with Crippen LogP contribution in [0, 0.1) is 12.7 Å². The fraction of sp³-hybridized carbons (Fsp3) is 0.136. The molecule has 0 aliphatic rings. The molecule has 0 aliphatic carbocycles. The van der Waals surface area contributed by atoms with Crippen molar-refractivity contribution in [1.29, 1.82) is 0 Å². The summed E-state index contributed by atoms with van der Waals surface area (Å²) in [6.45, 7) is 3.04. The molecule has 1 heterocycles. The van der Waals surface area contributed by atoms with Gasteiger partial charge in [0.25, 0.3) is 11.8 Å². The average molecular weight is 426 g/mol. The van der Waals surface area contributed by atoms with Crippen LogP contribution < -0.4 is 10.6 Å². The molecule has 8 heteroatoms. The number of carbonyl (C=O) groups is 3. The predicted octanol–water partition coefficient (Wildman–Crippen LogP) is 4.63. The maximum atomic E-state index is 13.6. The summed E-state index contributed by atoms with van der Waals surface area (Å²) < 4.78 is 18.8. The first-order valence-electron chi connectivity index (χ1n) is 9.06. The summed E-state index contributed by atoms with van der Waals surface area (Å²) in [7, 11) is 0. The number of halogens is 1. The predicted molar refractivity (Wildman–Crippen MR) is 113 cm³/mol. The summed E-state index contributed by atoms with van der Waals surface area (Å²) >= 11 is 1.32. The molecule has 0 saturated heterocycles. The van der Waals surface area contributed by atoms with Crippen LogP contribution >= 0.6 is 11.3 Å². The van der Waals surface area contributed by atoms with Gasteiger partial charge >= 0.3 is 5.97 Å². The molecule has 2 aromatic carbocycles. The van der Waals surface area contributed by atoms with Crippen LogP contribution in [0.3, 0.4) is 0 Å². The van der Waals surface area contributed by atoms with E-state index in [1.165, 1.54) is 36.5 Å². The van der Waals surface area contributed by atoms with Gasteiger partial charge in [0, 0.05) is 11.4 Å². The van der Waals surface area contributed by atoms with Crippen molar-refractivity contribution in [3.8, 4) is 0 Å². The van der Waals surface area contributed by atoms with Gasteiger partial charge in [0.2, 0.25) is 0 Å². The lowest BCUT2D eigenvalue weighted by Crippen LogP contribution is -2.30. The number of benzene rings is 2. The van der Waals surface area contributed by atoms with Gasteiger partial charge in [-0.15, -0.1) is 11.3 Å². The molecule has 0 aliphatic heterocycles. The van der Waals surface area contributed by atoms with Crippen molar-refractivity contribution in [3.05, 3.63) is 81.8 Å². The molecule has 0 spiro atoms. The number of thiophene rings is 1. The zero-order valence-corrected chi connectivity index (χ0v) is 17.1. The summed E-state index contributed by atoms with van der Waals surface area (Å²) in [5, 5.41) is 7.04. The van der Waals surface area contributed by atoms with Crippen molar-refractivity contribution < 1.29 is 23.5 Å². The Hall–Kier alpha value is -3.52. The molecule has 6 nitrogen and oxygen atoms in total. The topological polar surface area (TPSA) is 84.5 Å². The minimum absolute atomic E-state index is 0.227. The average Bonchev–Trinajstić information content (AvgIpc) is 3.26. The fourth-order valence-corrected chi connectivity index (χ4v) is 3.11. The van der Waals surface area contributed by atoms with Crippen LogP contribution in [0.25, 0.3) is 0 Å². The second kappa shape index (κ2) is 9.32. The lowest BCUT2D eigenvalue weighted by Gasteiger charge is -2.14. The minimum Gasteiger partial charge on any atom is -0.449 e. The van der Waals surface area contributed by atoms with Crippen molar-refractivity contribution in [2.45, 2.75) is 20.0 Å². The van der Waals surface area contributed by atoms with Gasteiger partial charge in [0.05, 0.1) is 10.4 Å². The van der Waals surface area contributed by atoms with E-state index in [0.29, 0.717) is 16.1 Å². The maximum absolute atomic E-state index is 13.6. The molecule has 0 saturated carbocycles. The molecule has 3 aromatic rings. The number of anilines is 2.